The van der Waals surface area contributed by atoms with Crippen molar-refractivity contribution in [3.8, 4) is 5.75 Å². The lowest BCUT2D eigenvalue weighted by Crippen LogP contribution is -2.84. The number of carbonyl (C=O) groups is 1. The number of carbonyl (C=O) groups excluding carboxylic acids is 1. The number of ether oxygens (including phenoxy) is 1. The van der Waals surface area contributed by atoms with Crippen molar-refractivity contribution in [2.45, 2.75) is 13.2 Å². The summed E-state index contributed by atoms with van der Waals surface area (Å²) >= 11 is 0. The number of nitrogens with zero attached hydrogens (tertiary/aromatic N) is 2. The molecule has 0 saturated carbocycles. The van der Waals surface area contributed by atoms with Crippen molar-refractivity contribution in [3.63, 3.8) is 0 Å². The van der Waals surface area contributed by atoms with Crippen molar-refractivity contribution in [1.82, 2.24) is 15.6 Å². The zero-order valence-electron chi connectivity index (χ0n) is 15.1. The van der Waals surface area contributed by atoms with Crippen LogP contribution in [0.1, 0.15) is 21.6 Å². The van der Waals surface area contributed by atoms with Crippen molar-refractivity contribution >= 4 is 11.7 Å². The molecule has 146 valence electrons. The molecule has 1 aromatic heterocycles. The highest BCUT2D eigenvalue weighted by atomic mass is 19.1. The van der Waals surface area contributed by atoms with Gasteiger partial charge in [0.1, 0.15) is 24.7 Å². The summed E-state index contributed by atoms with van der Waals surface area (Å²) in [4.78, 5) is 11.8. The Morgan fingerprint density at radius 2 is 2.00 bits per heavy atom. The van der Waals surface area contributed by atoms with Gasteiger partial charge < -0.3 is 21.1 Å². The molecule has 9 heteroatoms. The van der Waals surface area contributed by atoms with Crippen LogP contribution in [0.3, 0.4) is 0 Å². The lowest BCUT2D eigenvalue weighted by molar-refractivity contribution is -0.668. The van der Waals surface area contributed by atoms with Gasteiger partial charge in [-0.1, -0.05) is 24.3 Å². The Kier molecular flexibility index (Phi) is 6.53. The normalized spacial score (nSPS) is 10.6. The standard InChI is InChI=1S/C19H20FN5O3/c20-15-6-4-13(5-7-15)12-27-16-3-1-2-14(10-16)11-22-8-9-23-19(26)17-18(21)25-28-24-17/h1-7,10,22H,8-9,11-12H2,(H2,21,25)(H,23,26)/p+1. The number of nitrogens with one attached hydrogen (secondary N) is 1. The molecule has 0 radical (unpaired) electrons. The van der Waals surface area contributed by atoms with E-state index in [9.17, 15) is 9.18 Å². The second-order valence-electron chi connectivity index (χ2n) is 6.10. The molecule has 0 spiro atoms. The van der Waals surface area contributed by atoms with Gasteiger partial charge in [0.15, 0.2) is 0 Å². The van der Waals surface area contributed by atoms with Crippen molar-refractivity contribution < 1.29 is 23.9 Å². The van der Waals surface area contributed by atoms with Crippen LogP contribution in [0.15, 0.2) is 53.2 Å². The van der Waals surface area contributed by atoms with Crippen LogP contribution in [0, 0.1) is 5.82 Å². The van der Waals surface area contributed by atoms with Gasteiger partial charge in [-0.15, -0.1) is 0 Å². The Morgan fingerprint density at radius 1 is 1.18 bits per heavy atom. The van der Waals surface area contributed by atoms with Crippen LogP contribution in [0.5, 0.6) is 5.75 Å². The number of anilines is 1. The largest absolute Gasteiger partial charge is 0.489 e. The predicted molar refractivity (Wildman–Crippen MR) is 98.7 cm³/mol. The summed E-state index contributed by atoms with van der Waals surface area (Å²) in [5.41, 5.74) is 7.45. The van der Waals surface area contributed by atoms with Crippen molar-refractivity contribution in [3.05, 3.63) is 71.2 Å². The number of amides is 1. The van der Waals surface area contributed by atoms with Crippen LogP contribution < -0.4 is 21.1 Å². The van der Waals surface area contributed by atoms with Crippen molar-refractivity contribution in [2.24, 2.45) is 0 Å². The smallest absolute Gasteiger partial charge is 0.277 e. The van der Waals surface area contributed by atoms with E-state index in [1.807, 2.05) is 24.3 Å². The first kappa shape index (κ1) is 19.3. The molecule has 0 aliphatic rings. The molecule has 1 amide bonds. The van der Waals surface area contributed by atoms with Gasteiger partial charge in [-0.05, 0) is 40.1 Å². The maximum absolute atomic E-state index is 12.9. The van der Waals surface area contributed by atoms with Crippen LogP contribution in [0.2, 0.25) is 0 Å². The van der Waals surface area contributed by atoms with Crippen LogP contribution >= 0.6 is 0 Å². The first-order valence-electron chi connectivity index (χ1n) is 8.76. The fraction of sp³-hybridized carbons (Fsp3) is 0.211. The Morgan fingerprint density at radius 3 is 2.75 bits per heavy atom. The van der Waals surface area contributed by atoms with E-state index in [2.05, 4.69) is 25.6 Å². The van der Waals surface area contributed by atoms with Gasteiger partial charge in [-0.3, -0.25) is 4.79 Å². The third kappa shape index (κ3) is 5.52. The summed E-state index contributed by atoms with van der Waals surface area (Å²) in [6.07, 6.45) is 0. The van der Waals surface area contributed by atoms with Crippen LogP contribution in [0.4, 0.5) is 10.2 Å². The van der Waals surface area contributed by atoms with Gasteiger partial charge in [0.2, 0.25) is 11.5 Å². The quantitative estimate of drug-likeness (QED) is 0.469. The second kappa shape index (κ2) is 9.47. The summed E-state index contributed by atoms with van der Waals surface area (Å²) in [5, 5.41) is 11.6. The monoisotopic (exact) mass is 386 g/mol. The van der Waals surface area contributed by atoms with E-state index in [-0.39, 0.29) is 17.3 Å². The molecule has 0 fully saturated rings. The number of hydrogen-bond donors (Lipinski definition) is 3. The molecule has 28 heavy (non-hydrogen) atoms. The highest BCUT2D eigenvalue weighted by Crippen LogP contribution is 2.15. The van der Waals surface area contributed by atoms with Crippen LogP contribution in [-0.2, 0) is 13.2 Å². The molecule has 0 unspecified atom stereocenters. The fourth-order valence-electron chi connectivity index (χ4n) is 2.50. The van der Waals surface area contributed by atoms with Gasteiger partial charge in [0.05, 0.1) is 13.1 Å². The molecule has 0 atom stereocenters. The first-order chi connectivity index (χ1) is 13.6. The number of benzene rings is 2. The molecule has 0 bridgehead atoms. The molecular formula is C19H21FN5O3+. The number of halogens is 1. The lowest BCUT2D eigenvalue weighted by Gasteiger charge is -2.08. The number of hydrogen-bond acceptors (Lipinski definition) is 6. The molecular weight excluding hydrogens is 365 g/mol. The summed E-state index contributed by atoms with van der Waals surface area (Å²) in [7, 11) is 0. The lowest BCUT2D eigenvalue weighted by atomic mass is 10.2. The summed E-state index contributed by atoms with van der Waals surface area (Å²) in [6, 6.07) is 14.0. The minimum absolute atomic E-state index is 0.00833. The molecule has 0 aliphatic carbocycles. The van der Waals surface area contributed by atoms with E-state index in [1.165, 1.54) is 12.1 Å². The van der Waals surface area contributed by atoms with E-state index in [0.717, 1.165) is 23.4 Å². The van der Waals surface area contributed by atoms with Crippen LogP contribution in [0.25, 0.3) is 0 Å². The maximum Gasteiger partial charge on any atom is 0.277 e. The summed E-state index contributed by atoms with van der Waals surface area (Å²) < 4.78 is 23.1. The van der Waals surface area contributed by atoms with E-state index in [4.69, 9.17) is 10.5 Å². The highest BCUT2D eigenvalue weighted by Gasteiger charge is 2.15. The molecule has 0 aliphatic heterocycles. The topological polar surface area (TPSA) is 120 Å². The first-order valence-corrected chi connectivity index (χ1v) is 8.76. The third-order valence-electron chi connectivity index (χ3n) is 3.96. The molecule has 3 rings (SSSR count). The molecule has 3 aromatic rings. The van der Waals surface area contributed by atoms with Gasteiger partial charge >= 0.3 is 0 Å². The fourth-order valence-corrected chi connectivity index (χ4v) is 2.50. The zero-order chi connectivity index (χ0) is 19.8. The van der Waals surface area contributed by atoms with E-state index >= 15 is 0 Å². The number of nitrogen functional groups attached to an aromatic ring is 1. The van der Waals surface area contributed by atoms with Crippen molar-refractivity contribution in [1.29, 1.82) is 0 Å². The van der Waals surface area contributed by atoms with Crippen LogP contribution in [-0.4, -0.2) is 29.3 Å². The Balaban J connectivity index is 1.39. The predicted octanol–water partition coefficient (Wildman–Crippen LogP) is 0.863. The van der Waals surface area contributed by atoms with Gasteiger partial charge in [-0.2, -0.15) is 0 Å². The average Bonchev–Trinajstić information content (AvgIpc) is 3.13. The molecule has 8 nitrogen and oxygen atoms in total. The molecule has 5 N–H and O–H groups in total. The minimum atomic E-state index is -0.414. The van der Waals surface area contributed by atoms with Gasteiger partial charge in [-0.25, -0.2) is 9.02 Å². The zero-order valence-corrected chi connectivity index (χ0v) is 15.1. The highest BCUT2D eigenvalue weighted by molar-refractivity contribution is 5.95. The number of rotatable bonds is 9. The number of quaternary nitrogens is 1. The third-order valence-corrected chi connectivity index (χ3v) is 3.96. The SMILES string of the molecule is Nc1nonc1C(=O)NCC[NH2+]Cc1cccc(OCc2ccc(F)cc2)c1. The van der Waals surface area contributed by atoms with E-state index in [1.54, 1.807) is 12.1 Å². The van der Waals surface area contributed by atoms with Gasteiger partial charge in [0.25, 0.3) is 5.91 Å². The molecule has 1 heterocycles. The summed E-state index contributed by atoms with van der Waals surface area (Å²) in [6.45, 7) is 2.24. The maximum atomic E-state index is 12.9. The Bertz CT molecular complexity index is 914. The Hall–Kier alpha value is -3.46. The Labute approximate surface area is 160 Å². The van der Waals surface area contributed by atoms with Gasteiger partial charge in [0, 0.05) is 5.56 Å². The number of aromatic nitrogens is 2. The average molecular weight is 386 g/mol. The second-order valence-corrected chi connectivity index (χ2v) is 6.10. The van der Waals surface area contributed by atoms with E-state index < -0.39 is 5.91 Å². The summed E-state index contributed by atoms with van der Waals surface area (Å²) in [5.74, 6) is 0.0402. The molecule has 0 saturated heterocycles. The number of nitrogens with two attached hydrogens (primary N) is 2. The molecule has 2 aromatic carbocycles. The van der Waals surface area contributed by atoms with Crippen molar-refractivity contribution in [2.75, 3.05) is 18.8 Å². The van der Waals surface area contributed by atoms with E-state index in [0.29, 0.717) is 19.7 Å². The minimum Gasteiger partial charge on any atom is -0.489 e.